The van der Waals surface area contributed by atoms with Gasteiger partial charge in [0.2, 0.25) is 0 Å². The zero-order valence-electron chi connectivity index (χ0n) is 65.7. The lowest BCUT2D eigenvalue weighted by Crippen LogP contribution is -2.25. The number of hydrogen-bond acceptors (Lipinski definition) is 4. The van der Waals surface area contributed by atoms with Crippen LogP contribution in [-0.2, 0) is 10.8 Å². The molecule has 12 aromatic carbocycles. The Morgan fingerprint density at radius 3 is 0.981 bits per heavy atom. The molecule has 2 N–H and O–H groups in total. The van der Waals surface area contributed by atoms with E-state index in [2.05, 4.69) is 294 Å². The number of fused-ring (bicyclic) bond motifs is 6. The summed E-state index contributed by atoms with van der Waals surface area (Å²) < 4.78 is 51.2. The minimum atomic E-state index is -0.447. The molecular weight excluding hydrogens is 1330 g/mol. The first-order valence-electron chi connectivity index (χ1n) is 38.5. The molecule has 108 heavy (non-hydrogen) atoms. The molecule has 14 rings (SSSR count). The van der Waals surface area contributed by atoms with Gasteiger partial charge in [-0.3, -0.25) is 0 Å². The Hall–Kier alpha value is -10.7. The second kappa shape index (κ2) is 29.1. The summed E-state index contributed by atoms with van der Waals surface area (Å²) in [5.41, 5.74) is 19.9. The van der Waals surface area contributed by atoms with Crippen LogP contribution in [0.5, 0.6) is 23.0 Å². The van der Waals surface area contributed by atoms with Crippen molar-refractivity contribution in [1.82, 2.24) is 9.13 Å². The van der Waals surface area contributed by atoms with Crippen LogP contribution in [-0.4, -0.2) is 32.6 Å². The molecule has 0 fully saturated rings. The molecule has 0 saturated carbocycles. The number of unbranched alkanes of at least 4 members (excludes halogenated alkanes) is 1. The first-order valence-corrected chi connectivity index (χ1v) is 38.5. The third kappa shape index (κ3) is 14.9. The number of aromatic nitrogens is 2. The van der Waals surface area contributed by atoms with Gasteiger partial charge in [0.05, 0.1) is 46.7 Å². The van der Waals surface area contributed by atoms with Crippen molar-refractivity contribution in [2.24, 2.45) is 10.8 Å². The zero-order valence-corrected chi connectivity index (χ0v) is 65.7. The monoisotopic (exact) mass is 1430 g/mol. The summed E-state index contributed by atoms with van der Waals surface area (Å²) in [6.45, 7) is 35.6. The van der Waals surface area contributed by atoms with E-state index in [9.17, 15) is 10.2 Å². The summed E-state index contributed by atoms with van der Waals surface area (Å²) in [4.78, 5) is 0. The van der Waals surface area contributed by atoms with Crippen molar-refractivity contribution in [2.75, 3.05) is 13.2 Å². The molecule has 14 aromatic rings. The van der Waals surface area contributed by atoms with E-state index in [0.717, 1.165) is 112 Å². The minimum Gasteiger partial charge on any atom is -0.505 e. The second-order valence-corrected chi connectivity index (χ2v) is 34.5. The van der Waals surface area contributed by atoms with Crippen LogP contribution < -0.4 is 9.47 Å². The quantitative estimate of drug-likeness (QED) is 0.0704. The van der Waals surface area contributed by atoms with Crippen molar-refractivity contribution in [3.8, 4) is 101 Å². The lowest BCUT2D eigenvalue weighted by Gasteiger charge is -2.34. The highest BCUT2D eigenvalue weighted by atomic mass is 19.1. The summed E-state index contributed by atoms with van der Waals surface area (Å²) in [7, 11) is 0. The van der Waals surface area contributed by atoms with E-state index in [1.165, 1.54) is 35.4 Å². The molecule has 0 bridgehead atoms. The molecule has 0 aliphatic heterocycles. The van der Waals surface area contributed by atoms with Crippen LogP contribution in [0.4, 0.5) is 8.78 Å². The molecule has 0 aliphatic rings. The second-order valence-electron chi connectivity index (χ2n) is 34.5. The molecule has 0 aliphatic carbocycles. The number of aromatic hydroxyl groups is 2. The average Bonchev–Trinajstić information content (AvgIpc) is 1.62. The smallest absolute Gasteiger partial charge is 0.147 e. The van der Waals surface area contributed by atoms with Gasteiger partial charge in [0, 0.05) is 43.8 Å². The lowest BCUT2D eigenvalue weighted by atomic mass is 9.71. The number of rotatable bonds is 21. The van der Waals surface area contributed by atoms with Crippen molar-refractivity contribution in [2.45, 2.75) is 159 Å². The molecule has 0 spiro atoms. The summed E-state index contributed by atoms with van der Waals surface area (Å²) in [5.74, 6) is 0.732. The van der Waals surface area contributed by atoms with E-state index in [0.29, 0.717) is 80.9 Å². The molecule has 0 atom stereocenters. The fraction of sp³-hybridized carbons (Fsp3) is 0.280. The Labute approximate surface area is 637 Å². The molecule has 6 nitrogen and oxygen atoms in total. The number of nitrogens with zero attached hydrogens (tertiary/aromatic N) is 2. The summed E-state index contributed by atoms with van der Waals surface area (Å²) in [6.07, 6.45) is 2.69. The molecule has 2 aromatic heterocycles. The standard InChI is InChI=1S/C100H102F2N2O4/c1-61(2)67-31-25-33-69(47-67)73-37-41-81-82-42-38-74(70-34-26-32-68(48-70)62(3)4)52-90(82)104(89(81)51-73)92-56-76(100(15,16)60-98(10,11)12)54-84(94(92)106)86-58-78(102)46-64(6)96(86)108-44-24-23-43-107-95-63(5)45-77(101)57-85(95)83-53-75(99(13,14)59-97(7,8)9)55-91(93(83)105)103-87-49-71(65-27-19-17-20-28-65)35-39-79(87)80-40-36-72(50-88(80)103)66-29-21-18-22-30-66/h17-22,25-42,45-58,61-62,105-106H,23-24,43-44,59-60H2,1-16H3. The molecule has 8 heteroatoms. The molecule has 0 unspecified atom stereocenters. The first-order chi connectivity index (χ1) is 51.4. The van der Waals surface area contributed by atoms with Gasteiger partial charge >= 0.3 is 0 Å². The van der Waals surface area contributed by atoms with E-state index >= 15 is 8.78 Å². The largest absolute Gasteiger partial charge is 0.505 e. The fourth-order valence-corrected chi connectivity index (χ4v) is 17.1. The van der Waals surface area contributed by atoms with Crippen LogP contribution in [0.15, 0.2) is 231 Å². The van der Waals surface area contributed by atoms with Gasteiger partial charge < -0.3 is 28.8 Å². The Kier molecular flexibility index (Phi) is 20.0. The van der Waals surface area contributed by atoms with E-state index in [1.54, 1.807) is 0 Å². The molecule has 0 amide bonds. The van der Waals surface area contributed by atoms with Gasteiger partial charge in [0.15, 0.2) is 0 Å². The maximum Gasteiger partial charge on any atom is 0.147 e. The van der Waals surface area contributed by atoms with Gasteiger partial charge in [-0.15, -0.1) is 0 Å². The van der Waals surface area contributed by atoms with Crippen LogP contribution in [0.25, 0.3) is 122 Å². The number of halogens is 2. The Balaban J connectivity index is 0.837. The van der Waals surface area contributed by atoms with E-state index < -0.39 is 22.5 Å². The Bertz CT molecular complexity index is 5530. The molecule has 0 saturated heterocycles. The first kappa shape index (κ1) is 74.2. The van der Waals surface area contributed by atoms with Gasteiger partial charge in [-0.05, 0) is 224 Å². The maximum absolute atomic E-state index is 16.5. The molecule has 0 radical (unpaired) electrons. The third-order valence-electron chi connectivity index (χ3n) is 21.8. The molecule has 550 valence electrons. The normalized spacial score (nSPS) is 12.4. The van der Waals surface area contributed by atoms with Crippen LogP contribution in [0, 0.1) is 36.3 Å². The van der Waals surface area contributed by atoms with Crippen molar-refractivity contribution in [3.63, 3.8) is 0 Å². The molecule has 2 heterocycles. The topological polar surface area (TPSA) is 68.8 Å². The zero-order chi connectivity index (χ0) is 76.5. The summed E-state index contributed by atoms with van der Waals surface area (Å²) in [5, 5.41) is 31.1. The maximum atomic E-state index is 16.5. The SMILES string of the molecule is Cc1cc(F)cc(-c2cc(C(C)(C)CC(C)(C)C)cc(-n3c4cc(-c5ccccc5)ccc4c4ccc(-c5ccccc5)cc43)c2O)c1OCCCCOc1c(C)cc(F)cc1-c1cc(C(C)(C)CC(C)(C)C)cc(-n2c3cc(-c4cccc(C(C)C)c4)ccc3c3ccc(-c4cccc(C(C)C)c4)cc32)c1O. The number of phenols is 2. The number of ether oxygens (including phenoxy) is 2. The van der Waals surface area contributed by atoms with Crippen LogP contribution in [0.2, 0.25) is 0 Å². The Morgan fingerprint density at radius 1 is 0.343 bits per heavy atom. The third-order valence-corrected chi connectivity index (χ3v) is 21.8. The minimum absolute atomic E-state index is 0.000627. The van der Waals surface area contributed by atoms with E-state index in [1.807, 2.05) is 32.0 Å². The predicted octanol–water partition coefficient (Wildman–Crippen LogP) is 28.1. The van der Waals surface area contributed by atoms with Crippen molar-refractivity contribution < 1.29 is 28.5 Å². The number of aryl methyl sites for hydroxylation is 2. The lowest BCUT2D eigenvalue weighted by molar-refractivity contribution is 0.265. The van der Waals surface area contributed by atoms with Gasteiger partial charge in [-0.25, -0.2) is 8.78 Å². The highest BCUT2D eigenvalue weighted by molar-refractivity contribution is 6.13. The Morgan fingerprint density at radius 2 is 0.657 bits per heavy atom. The van der Waals surface area contributed by atoms with E-state index in [4.69, 9.17) is 9.47 Å². The van der Waals surface area contributed by atoms with Crippen LogP contribution in [0.1, 0.15) is 168 Å². The van der Waals surface area contributed by atoms with Crippen LogP contribution >= 0.6 is 0 Å². The number of phenolic OH excluding ortho intramolecular Hbond substituents is 2. The van der Waals surface area contributed by atoms with Crippen molar-refractivity contribution >= 4 is 43.6 Å². The highest BCUT2D eigenvalue weighted by Crippen LogP contribution is 2.52. The van der Waals surface area contributed by atoms with Crippen molar-refractivity contribution in [1.29, 1.82) is 0 Å². The summed E-state index contributed by atoms with van der Waals surface area (Å²) >= 11 is 0. The highest BCUT2D eigenvalue weighted by Gasteiger charge is 2.34. The predicted molar refractivity (Wildman–Crippen MR) is 449 cm³/mol. The average molecular weight is 1430 g/mol. The van der Waals surface area contributed by atoms with Gasteiger partial charge in [-0.2, -0.15) is 0 Å². The number of benzene rings is 12. The summed E-state index contributed by atoms with van der Waals surface area (Å²) in [6, 6.07) is 79.1. The van der Waals surface area contributed by atoms with Gasteiger partial charge in [-0.1, -0.05) is 255 Å². The number of hydrogen-bond donors (Lipinski definition) is 2. The van der Waals surface area contributed by atoms with Gasteiger partial charge in [0.1, 0.15) is 34.6 Å². The van der Waals surface area contributed by atoms with Crippen molar-refractivity contribution in [3.05, 3.63) is 276 Å². The fourth-order valence-electron chi connectivity index (χ4n) is 17.1. The van der Waals surface area contributed by atoms with E-state index in [-0.39, 0.29) is 35.5 Å². The van der Waals surface area contributed by atoms with Crippen LogP contribution in [0.3, 0.4) is 0 Å². The molecular formula is C100H102F2N2O4. The van der Waals surface area contributed by atoms with Gasteiger partial charge in [0.25, 0.3) is 0 Å².